The number of aromatic nitrogens is 4. The number of hydrogen-bond acceptors (Lipinski definition) is 5. The topological polar surface area (TPSA) is 69.9 Å². The molecule has 1 fully saturated rings. The van der Waals surface area contributed by atoms with Gasteiger partial charge in [0.2, 0.25) is 5.88 Å². The van der Waals surface area contributed by atoms with E-state index in [1.54, 1.807) is 19.3 Å². The molecule has 0 radical (unpaired) electrons. The van der Waals surface area contributed by atoms with E-state index in [2.05, 4.69) is 34.0 Å². The van der Waals surface area contributed by atoms with Crippen molar-refractivity contribution in [3.05, 3.63) is 70.0 Å². The minimum Gasteiger partial charge on any atom is -0.477 e. The van der Waals surface area contributed by atoms with Gasteiger partial charge in [-0.15, -0.1) is 0 Å². The third-order valence-corrected chi connectivity index (χ3v) is 5.58. The molecule has 1 aliphatic carbocycles. The molecule has 3 aromatic rings. The predicted octanol–water partition coefficient (Wildman–Crippen LogP) is 3.42. The highest BCUT2D eigenvalue weighted by atomic mass is 19.1. The molecule has 6 nitrogen and oxygen atoms in total. The van der Waals surface area contributed by atoms with Crippen LogP contribution in [0, 0.1) is 31.5 Å². The van der Waals surface area contributed by atoms with Crippen molar-refractivity contribution < 1.29 is 9.13 Å². The Morgan fingerprint density at radius 1 is 1.21 bits per heavy atom. The summed E-state index contributed by atoms with van der Waals surface area (Å²) in [5, 5.41) is 0. The predicted molar refractivity (Wildman–Crippen MR) is 107 cm³/mol. The summed E-state index contributed by atoms with van der Waals surface area (Å²) in [4.78, 5) is 24.8. The molecular formula is C22H23FN4O2. The summed E-state index contributed by atoms with van der Waals surface area (Å²) in [6.07, 6.45) is 5.05. The quantitative estimate of drug-likeness (QED) is 0.663. The molecule has 0 amide bonds. The highest BCUT2D eigenvalue weighted by Crippen LogP contribution is 2.53. The highest BCUT2D eigenvalue weighted by molar-refractivity contribution is 5.66. The van der Waals surface area contributed by atoms with Gasteiger partial charge in [-0.2, -0.15) is 4.98 Å². The maximum atomic E-state index is 14.0. The van der Waals surface area contributed by atoms with Gasteiger partial charge < -0.3 is 9.30 Å². The van der Waals surface area contributed by atoms with Crippen LogP contribution in [-0.2, 0) is 7.05 Å². The summed E-state index contributed by atoms with van der Waals surface area (Å²) in [7, 11) is 1.51. The molecule has 3 unspecified atom stereocenters. The van der Waals surface area contributed by atoms with Gasteiger partial charge in [-0.05, 0) is 37.5 Å². The monoisotopic (exact) mass is 394 g/mol. The van der Waals surface area contributed by atoms with Crippen molar-refractivity contribution >= 4 is 0 Å². The highest BCUT2D eigenvalue weighted by Gasteiger charge is 2.49. The third-order valence-electron chi connectivity index (χ3n) is 5.58. The van der Waals surface area contributed by atoms with E-state index < -0.39 is 11.4 Å². The zero-order chi connectivity index (χ0) is 20.7. The number of hydrogen-bond donors (Lipinski definition) is 0. The van der Waals surface area contributed by atoms with Crippen LogP contribution in [0.15, 0.2) is 41.6 Å². The lowest BCUT2D eigenvalue weighted by molar-refractivity contribution is 0.280. The van der Waals surface area contributed by atoms with Crippen LogP contribution in [0.4, 0.5) is 4.39 Å². The van der Waals surface area contributed by atoms with Crippen molar-refractivity contribution in [2.24, 2.45) is 18.9 Å². The minimum absolute atomic E-state index is 0.338. The van der Waals surface area contributed by atoms with Crippen LogP contribution >= 0.6 is 0 Å². The Hall–Kier alpha value is -3.09. The van der Waals surface area contributed by atoms with Crippen molar-refractivity contribution in [3.63, 3.8) is 0 Å². The molecule has 0 spiro atoms. The molecule has 0 bridgehead atoms. The first kappa shape index (κ1) is 19.2. The maximum absolute atomic E-state index is 14.0. The van der Waals surface area contributed by atoms with Gasteiger partial charge in [0.1, 0.15) is 5.82 Å². The summed E-state index contributed by atoms with van der Waals surface area (Å²) in [6.45, 7) is 6.47. The zero-order valence-corrected chi connectivity index (χ0v) is 16.9. The molecule has 29 heavy (non-hydrogen) atoms. The normalized spacial score (nSPS) is 20.5. The standard InChI is InChI=1S/C22H23FN4O2/c1-12-5-6-19(25-8-12)20-13(2)17(20)11-29-21-16(9-24-14(3)26-21)15-7-18(23)22(28)27(4)10-15/h5-10,13,17,20H,11H2,1-4H3. The number of halogens is 1. The first-order valence-corrected chi connectivity index (χ1v) is 9.60. The van der Waals surface area contributed by atoms with Crippen molar-refractivity contribution in [2.75, 3.05) is 6.61 Å². The van der Waals surface area contributed by atoms with Gasteiger partial charge in [0, 0.05) is 48.7 Å². The second kappa shape index (κ2) is 7.39. The van der Waals surface area contributed by atoms with E-state index in [1.165, 1.54) is 17.7 Å². The van der Waals surface area contributed by atoms with E-state index >= 15 is 0 Å². The van der Waals surface area contributed by atoms with Gasteiger partial charge in [0.15, 0.2) is 5.82 Å². The Morgan fingerprint density at radius 3 is 2.69 bits per heavy atom. The second-order valence-corrected chi connectivity index (χ2v) is 7.75. The fourth-order valence-corrected chi connectivity index (χ4v) is 3.72. The molecule has 1 saturated carbocycles. The molecule has 0 saturated heterocycles. The smallest absolute Gasteiger partial charge is 0.286 e. The van der Waals surface area contributed by atoms with Crippen LogP contribution in [0.2, 0.25) is 0 Å². The lowest BCUT2D eigenvalue weighted by atomic mass is 10.1. The summed E-state index contributed by atoms with van der Waals surface area (Å²) in [6, 6.07) is 5.34. The molecule has 0 aliphatic heterocycles. The van der Waals surface area contributed by atoms with Crippen molar-refractivity contribution in [2.45, 2.75) is 26.7 Å². The molecule has 1 aliphatic rings. The molecule has 3 atom stereocenters. The maximum Gasteiger partial charge on any atom is 0.286 e. The number of pyridine rings is 2. The molecule has 4 rings (SSSR count). The fraction of sp³-hybridized carbons (Fsp3) is 0.364. The van der Waals surface area contributed by atoms with Crippen LogP contribution in [0.5, 0.6) is 5.88 Å². The Bertz CT molecular complexity index is 1080. The van der Waals surface area contributed by atoms with Crippen molar-refractivity contribution in [1.82, 2.24) is 19.5 Å². The summed E-state index contributed by atoms with van der Waals surface area (Å²) < 4.78 is 21.2. The van der Waals surface area contributed by atoms with Crippen molar-refractivity contribution in [3.8, 4) is 17.0 Å². The largest absolute Gasteiger partial charge is 0.477 e. The number of aryl methyl sites for hydroxylation is 3. The van der Waals surface area contributed by atoms with Gasteiger partial charge in [0.25, 0.3) is 5.56 Å². The molecular weight excluding hydrogens is 371 g/mol. The SMILES string of the molecule is Cc1ccc(C2C(C)C2COc2nc(C)ncc2-c2cc(F)c(=O)n(C)c2)nc1. The Kier molecular flexibility index (Phi) is 4.90. The number of ether oxygens (including phenoxy) is 1. The zero-order valence-electron chi connectivity index (χ0n) is 16.9. The molecule has 0 N–H and O–H groups in total. The van der Waals surface area contributed by atoms with E-state index in [4.69, 9.17) is 4.74 Å². The average Bonchev–Trinajstić information content (AvgIpc) is 3.34. The Labute approximate surface area is 168 Å². The third kappa shape index (κ3) is 3.77. The van der Waals surface area contributed by atoms with Crippen molar-refractivity contribution in [1.29, 1.82) is 0 Å². The Balaban J connectivity index is 1.56. The van der Waals surface area contributed by atoms with Gasteiger partial charge in [-0.1, -0.05) is 13.0 Å². The molecule has 7 heteroatoms. The lowest BCUT2D eigenvalue weighted by Crippen LogP contribution is -2.19. The molecule has 3 heterocycles. The van der Waals surface area contributed by atoms with Gasteiger partial charge in [0.05, 0.1) is 12.2 Å². The van der Waals surface area contributed by atoms with E-state index in [0.717, 1.165) is 11.3 Å². The number of rotatable bonds is 5. The van der Waals surface area contributed by atoms with Gasteiger partial charge in [-0.3, -0.25) is 9.78 Å². The lowest BCUT2D eigenvalue weighted by Gasteiger charge is -2.12. The van der Waals surface area contributed by atoms with E-state index in [9.17, 15) is 9.18 Å². The van der Waals surface area contributed by atoms with Crippen LogP contribution in [0.25, 0.3) is 11.1 Å². The van der Waals surface area contributed by atoms with Crippen LogP contribution in [-0.4, -0.2) is 26.1 Å². The van der Waals surface area contributed by atoms with Crippen LogP contribution < -0.4 is 10.3 Å². The summed E-state index contributed by atoms with van der Waals surface area (Å²) in [5.74, 6) is 1.30. The van der Waals surface area contributed by atoms with Gasteiger partial charge in [-0.25, -0.2) is 9.37 Å². The first-order chi connectivity index (χ1) is 13.8. The number of nitrogens with zero attached hydrogens (tertiary/aromatic N) is 4. The molecule has 3 aromatic heterocycles. The molecule has 150 valence electrons. The summed E-state index contributed by atoms with van der Waals surface area (Å²) in [5.41, 5.74) is 2.60. The van der Waals surface area contributed by atoms with E-state index in [-0.39, 0.29) is 0 Å². The fourth-order valence-electron chi connectivity index (χ4n) is 3.72. The Morgan fingerprint density at radius 2 is 2.00 bits per heavy atom. The van der Waals surface area contributed by atoms with Gasteiger partial charge >= 0.3 is 0 Å². The second-order valence-electron chi connectivity index (χ2n) is 7.75. The van der Waals surface area contributed by atoms with Crippen LogP contribution in [0.3, 0.4) is 0 Å². The average molecular weight is 394 g/mol. The van der Waals surface area contributed by atoms with Crippen LogP contribution in [0.1, 0.15) is 29.9 Å². The molecule has 0 aromatic carbocycles. The van der Waals surface area contributed by atoms with E-state index in [1.807, 2.05) is 13.1 Å². The summed E-state index contributed by atoms with van der Waals surface area (Å²) >= 11 is 0. The first-order valence-electron chi connectivity index (χ1n) is 9.60. The minimum atomic E-state index is -0.821. The van der Waals surface area contributed by atoms with E-state index in [0.29, 0.717) is 47.2 Å².